The van der Waals surface area contributed by atoms with E-state index in [1.54, 1.807) is 18.2 Å². The molecule has 0 N–H and O–H groups in total. The summed E-state index contributed by atoms with van der Waals surface area (Å²) < 4.78 is 0. The van der Waals surface area contributed by atoms with Gasteiger partial charge < -0.3 is 9.80 Å². The highest BCUT2D eigenvalue weighted by Crippen LogP contribution is 2.30. The molecule has 316 valence electrons. The van der Waals surface area contributed by atoms with Crippen LogP contribution in [-0.2, 0) is 0 Å². The minimum atomic E-state index is 0. The van der Waals surface area contributed by atoms with Gasteiger partial charge in [-0.3, -0.25) is 0 Å². The summed E-state index contributed by atoms with van der Waals surface area (Å²) >= 11 is 0. The Kier molecular flexibility index (Phi) is 32.0. The molecule has 0 bridgehead atoms. The summed E-state index contributed by atoms with van der Waals surface area (Å²) in [7, 11) is 2.14. The van der Waals surface area contributed by atoms with E-state index in [-0.39, 0.29) is 14.9 Å². The summed E-state index contributed by atoms with van der Waals surface area (Å²) in [4.78, 5) is 4.56. The van der Waals surface area contributed by atoms with E-state index in [0.29, 0.717) is 5.92 Å². The van der Waals surface area contributed by atoms with E-state index < -0.39 is 0 Å². The van der Waals surface area contributed by atoms with Crippen LogP contribution in [0.5, 0.6) is 0 Å². The van der Waals surface area contributed by atoms with Crippen LogP contribution >= 0.6 is 0 Å². The lowest BCUT2D eigenvalue weighted by atomic mass is 9.89. The average molecular weight is 791 g/mol. The molecular weight excluding hydrogens is 713 g/mol. The summed E-state index contributed by atoms with van der Waals surface area (Å²) in [5.74, 6) is 0.362. The fourth-order valence-electron chi connectivity index (χ4n) is 5.89. The van der Waals surface area contributed by atoms with Gasteiger partial charge in [0.2, 0.25) is 0 Å². The van der Waals surface area contributed by atoms with E-state index in [4.69, 9.17) is 0 Å². The maximum atomic E-state index is 4.10. The van der Waals surface area contributed by atoms with Crippen LogP contribution in [-0.4, -0.2) is 18.5 Å². The number of hydrogen-bond acceptors (Lipinski definition) is 2. The van der Waals surface area contributed by atoms with Crippen LogP contribution < -0.4 is 4.90 Å². The van der Waals surface area contributed by atoms with Gasteiger partial charge in [0.05, 0.1) is 0 Å². The van der Waals surface area contributed by atoms with Gasteiger partial charge in [0.15, 0.2) is 0 Å². The molecule has 2 aromatic carbocycles. The minimum Gasteiger partial charge on any atom is -0.354 e. The molecule has 0 saturated heterocycles. The predicted molar refractivity (Wildman–Crippen MR) is 275 cm³/mol. The maximum Gasteiger partial charge on any atom is 0.0420 e. The average Bonchev–Trinajstić information content (AvgIpc) is 3.70. The van der Waals surface area contributed by atoms with Crippen molar-refractivity contribution in [2.75, 3.05) is 18.5 Å². The maximum absolute atomic E-state index is 4.10. The molecule has 3 aliphatic rings. The Morgan fingerprint density at radius 1 is 0.763 bits per heavy atom. The van der Waals surface area contributed by atoms with Gasteiger partial charge in [0.1, 0.15) is 0 Å². The van der Waals surface area contributed by atoms with Crippen LogP contribution in [0.15, 0.2) is 225 Å². The summed E-state index contributed by atoms with van der Waals surface area (Å²) in [5, 5.41) is 2.46. The monoisotopic (exact) mass is 791 g/mol. The van der Waals surface area contributed by atoms with Crippen molar-refractivity contribution in [3.05, 3.63) is 230 Å². The van der Waals surface area contributed by atoms with Crippen molar-refractivity contribution in [1.82, 2.24) is 4.90 Å². The lowest BCUT2D eigenvalue weighted by Crippen LogP contribution is -2.20. The molecule has 1 unspecified atom stereocenters. The molecule has 5 rings (SSSR count). The summed E-state index contributed by atoms with van der Waals surface area (Å²) in [5.41, 5.74) is 8.46. The first-order valence-electron chi connectivity index (χ1n) is 20.7. The van der Waals surface area contributed by atoms with Crippen LogP contribution in [0.2, 0.25) is 0 Å². The Bertz CT molecular complexity index is 1930. The zero-order valence-electron chi connectivity index (χ0n) is 36.4. The van der Waals surface area contributed by atoms with Crippen molar-refractivity contribution < 1.29 is 0 Å². The highest BCUT2D eigenvalue weighted by atomic mass is 15.1. The standard InChI is InChI=1S/C43H44N2.C6H8.3C2H6.2CH4/c1-5-7-8-9-13-28-45(42-25-17-34(3)30-42)43-26-24-39-32-36(21-23-40(39)33-43)19-18-35-20-22-37(38(31-35)14-6-2)27-29-44(4)41-15-11-10-12-16-41;1-3-5-6-4-2;3*1-2;;/h5-11,13-15,17-19,21-27,29-33,35H,1,3,12,16,20,28H2,2,4H3;3-6H,1-2H2;3*1-2H3;2*1H4/b8-7-,13-9-,14-6-,19-18+,29-27+;6-5-;;;;;. The largest absolute Gasteiger partial charge is 0.354 e. The highest BCUT2D eigenvalue weighted by Gasteiger charge is 2.14. The van der Waals surface area contributed by atoms with E-state index in [9.17, 15) is 0 Å². The van der Waals surface area contributed by atoms with Crippen LogP contribution in [0.25, 0.3) is 16.8 Å². The number of rotatable bonds is 14. The van der Waals surface area contributed by atoms with Crippen LogP contribution in [0.1, 0.15) is 88.1 Å². The predicted octanol–water partition coefficient (Wildman–Crippen LogP) is 17.4. The normalized spacial score (nSPS) is 15.3. The lowest BCUT2D eigenvalue weighted by molar-refractivity contribution is 0.536. The second-order valence-electron chi connectivity index (χ2n) is 12.4. The van der Waals surface area contributed by atoms with E-state index in [1.165, 1.54) is 33.2 Å². The van der Waals surface area contributed by atoms with Gasteiger partial charge in [-0.15, -0.1) is 0 Å². The topological polar surface area (TPSA) is 6.48 Å². The Labute approximate surface area is 363 Å². The van der Waals surface area contributed by atoms with E-state index in [0.717, 1.165) is 42.8 Å². The SMILES string of the molecule is C.C.C=C/C=C\C=C.C=C/C=C\C=C/CN(C1=CC(=C)C=C1)c1ccc2cc(/C=C/C3C=C(/C=C\C)C(/C=C/N(C)C4=CC=CCC4)=CC3)ccc2c1.CC.CC.CC. The van der Waals surface area contributed by atoms with Gasteiger partial charge in [0.25, 0.3) is 0 Å². The second kappa shape index (κ2) is 34.2. The molecule has 0 saturated carbocycles. The smallest absolute Gasteiger partial charge is 0.0420 e. The third kappa shape index (κ3) is 19.9. The zero-order valence-corrected chi connectivity index (χ0v) is 36.4. The second-order valence-corrected chi connectivity index (χ2v) is 12.4. The first-order chi connectivity index (χ1) is 27.9. The Hall–Kier alpha value is -5.86. The van der Waals surface area contributed by atoms with Gasteiger partial charge in [-0.25, -0.2) is 0 Å². The van der Waals surface area contributed by atoms with Crippen LogP contribution in [0, 0.1) is 5.92 Å². The number of nitrogens with zero attached hydrogens (tertiary/aromatic N) is 2. The first kappa shape index (κ1) is 55.2. The lowest BCUT2D eigenvalue weighted by Gasteiger charge is -2.24. The molecule has 0 amide bonds. The molecule has 0 aliphatic heterocycles. The molecule has 59 heavy (non-hydrogen) atoms. The fourth-order valence-corrected chi connectivity index (χ4v) is 5.89. The molecule has 0 heterocycles. The Morgan fingerprint density at radius 2 is 1.42 bits per heavy atom. The number of anilines is 1. The zero-order chi connectivity index (χ0) is 42.3. The van der Waals surface area contributed by atoms with Crippen molar-refractivity contribution in [3.8, 4) is 0 Å². The third-order valence-electron chi connectivity index (χ3n) is 8.58. The number of fused-ring (bicyclic) bond motifs is 1. The van der Waals surface area contributed by atoms with Crippen molar-refractivity contribution in [2.45, 2.75) is 82.6 Å². The molecule has 0 aromatic heterocycles. The fraction of sp³-hybridized carbons (Fsp3) is 0.263. The summed E-state index contributed by atoms with van der Waals surface area (Å²) in [6.45, 7) is 29.6. The number of allylic oxidation sites excluding steroid dienone is 24. The van der Waals surface area contributed by atoms with E-state index >= 15 is 0 Å². The van der Waals surface area contributed by atoms with Crippen molar-refractivity contribution in [3.63, 3.8) is 0 Å². The quantitative estimate of drug-likeness (QED) is 0.176. The Morgan fingerprint density at radius 3 is 2.03 bits per heavy atom. The third-order valence-corrected chi connectivity index (χ3v) is 8.58. The van der Waals surface area contributed by atoms with Gasteiger partial charge >= 0.3 is 0 Å². The first-order valence-corrected chi connectivity index (χ1v) is 20.7. The molecule has 0 spiro atoms. The molecule has 2 nitrogen and oxygen atoms in total. The molecule has 0 radical (unpaired) electrons. The molecule has 0 fully saturated rings. The van der Waals surface area contributed by atoms with Gasteiger partial charge in [-0.1, -0.05) is 210 Å². The number of hydrogen-bond donors (Lipinski definition) is 0. The van der Waals surface area contributed by atoms with E-state index in [2.05, 4.69) is 184 Å². The van der Waals surface area contributed by atoms with Crippen LogP contribution in [0.4, 0.5) is 5.69 Å². The Balaban J connectivity index is 0. The van der Waals surface area contributed by atoms with Gasteiger partial charge in [0, 0.05) is 36.9 Å². The summed E-state index contributed by atoms with van der Waals surface area (Å²) in [6, 6.07) is 13.5. The van der Waals surface area contributed by atoms with Crippen molar-refractivity contribution in [1.29, 1.82) is 0 Å². The van der Waals surface area contributed by atoms with Gasteiger partial charge in [-0.05, 0) is 108 Å². The number of benzene rings is 2. The minimum absolute atomic E-state index is 0. The van der Waals surface area contributed by atoms with Gasteiger partial charge in [-0.2, -0.15) is 0 Å². The van der Waals surface area contributed by atoms with Crippen molar-refractivity contribution in [2.24, 2.45) is 5.92 Å². The highest BCUT2D eigenvalue weighted by molar-refractivity contribution is 5.88. The summed E-state index contributed by atoms with van der Waals surface area (Å²) in [6.07, 6.45) is 51.3. The molecular formula is C57H78N2. The molecule has 1 atom stereocenters. The molecule has 2 heteroatoms. The van der Waals surface area contributed by atoms with Crippen LogP contribution in [0.3, 0.4) is 0 Å². The molecule has 3 aliphatic carbocycles. The van der Waals surface area contributed by atoms with Crippen molar-refractivity contribution >= 4 is 22.5 Å². The van der Waals surface area contributed by atoms with E-state index in [1.807, 2.05) is 65.8 Å². The molecule has 2 aromatic rings.